The fourth-order valence-electron chi connectivity index (χ4n) is 7.03. The van der Waals surface area contributed by atoms with Crippen LogP contribution < -0.4 is 4.74 Å². The molecule has 0 spiro atoms. The molecular formula is C44H49FIrN3O3-. The summed E-state index contributed by atoms with van der Waals surface area (Å²) >= 11 is 0. The predicted octanol–water partition coefficient (Wildman–Crippen LogP) is 12.1. The number of aliphatic hydroxyl groups excluding tert-OH is 1. The Morgan fingerprint density at radius 2 is 1.69 bits per heavy atom. The van der Waals surface area contributed by atoms with E-state index in [9.17, 15) is 14.3 Å². The van der Waals surface area contributed by atoms with Gasteiger partial charge in [0.05, 0.1) is 23.7 Å². The van der Waals surface area contributed by atoms with Crippen LogP contribution in [0.3, 0.4) is 0 Å². The molecule has 0 saturated carbocycles. The van der Waals surface area contributed by atoms with Gasteiger partial charge in [0.15, 0.2) is 5.78 Å². The number of aliphatic hydroxyl groups is 1. The third-order valence-electron chi connectivity index (χ3n) is 9.78. The van der Waals surface area contributed by atoms with Crippen molar-refractivity contribution in [3.05, 3.63) is 95.3 Å². The topological polar surface area (TPSA) is 76.7 Å². The van der Waals surface area contributed by atoms with Gasteiger partial charge in [-0.1, -0.05) is 88.9 Å². The van der Waals surface area contributed by atoms with Crippen molar-refractivity contribution in [1.82, 2.24) is 9.97 Å². The van der Waals surface area contributed by atoms with E-state index in [0.717, 1.165) is 74.3 Å². The summed E-state index contributed by atoms with van der Waals surface area (Å²) in [6.45, 7) is 23.9. The van der Waals surface area contributed by atoms with Gasteiger partial charge >= 0.3 is 0 Å². The van der Waals surface area contributed by atoms with E-state index in [0.29, 0.717) is 12.2 Å². The second-order valence-corrected chi connectivity index (χ2v) is 15.2. The molecule has 1 atom stereocenters. The van der Waals surface area contributed by atoms with Crippen LogP contribution in [0.2, 0.25) is 0 Å². The van der Waals surface area contributed by atoms with Crippen molar-refractivity contribution in [3.8, 4) is 22.8 Å². The number of alkyl halides is 1. The Balaban J connectivity index is 0.000000305. The molecule has 1 radical (unpaired) electrons. The molecule has 1 aliphatic rings. The van der Waals surface area contributed by atoms with Gasteiger partial charge in [-0.25, -0.2) is 11.6 Å². The summed E-state index contributed by atoms with van der Waals surface area (Å²) in [5.41, 5.74) is 4.05. The van der Waals surface area contributed by atoms with Gasteiger partial charge in [0.2, 0.25) is 5.54 Å². The minimum Gasteiger partial charge on any atom is -0.512 e. The average Bonchev–Trinajstić information content (AvgIpc) is 3.09. The molecule has 0 fully saturated rings. The zero-order valence-corrected chi connectivity index (χ0v) is 33.9. The fraction of sp³-hybridized carbons (Fsp3) is 0.409. The number of ketones is 1. The number of carbonyl (C=O) groups excluding carboxylic acids is 1. The first-order valence-electron chi connectivity index (χ1n) is 18.0. The third-order valence-corrected chi connectivity index (χ3v) is 9.78. The number of ether oxygens (including phenoxy) is 1. The van der Waals surface area contributed by atoms with Crippen molar-refractivity contribution in [3.63, 3.8) is 0 Å². The van der Waals surface area contributed by atoms with E-state index in [1.165, 1.54) is 11.6 Å². The molecule has 0 bridgehead atoms. The van der Waals surface area contributed by atoms with Crippen molar-refractivity contribution in [2.45, 2.75) is 93.0 Å². The summed E-state index contributed by atoms with van der Waals surface area (Å²) in [6.07, 6.45) is 6.40. The van der Waals surface area contributed by atoms with Gasteiger partial charge in [-0.2, -0.15) is 0 Å². The van der Waals surface area contributed by atoms with Crippen molar-refractivity contribution in [2.24, 2.45) is 17.3 Å². The summed E-state index contributed by atoms with van der Waals surface area (Å²) in [4.78, 5) is 25.1. The van der Waals surface area contributed by atoms with Gasteiger partial charge in [0.1, 0.15) is 12.1 Å². The van der Waals surface area contributed by atoms with Gasteiger partial charge in [0.25, 0.3) is 0 Å². The standard InChI is InChI=1S/C31H26N3O.C13H23FO2.Ir/c1-30(2,3)16-18-11-12-22-20(13-18)15-24-25-27(22)33-17-34-28(25)23-14-19-9-7-8-10-21(19)26(29(23)35-24)31(4,5)32-6;1-4-10(5-2)12(15)9-13(16)11(6-3)7-8-14;/h7-13,15,17H,16H2,1-5H3;9-11,15H,4-8H2,1-3H3;/q-1;;/b;12-9-;. The minimum atomic E-state index is -0.779. The summed E-state index contributed by atoms with van der Waals surface area (Å²) in [7, 11) is 0. The van der Waals surface area contributed by atoms with Crippen LogP contribution in [-0.2, 0) is 36.9 Å². The number of fused-ring (bicyclic) bond motifs is 5. The first-order chi connectivity index (χ1) is 24.3. The molecule has 2 heterocycles. The van der Waals surface area contributed by atoms with E-state index in [4.69, 9.17) is 16.3 Å². The van der Waals surface area contributed by atoms with E-state index in [1.54, 1.807) is 6.33 Å². The molecule has 275 valence electrons. The van der Waals surface area contributed by atoms with E-state index in [1.807, 2.05) is 58.9 Å². The summed E-state index contributed by atoms with van der Waals surface area (Å²) in [5.74, 6) is 1.15. The number of halogens is 1. The molecule has 1 aromatic heterocycles. The largest absolute Gasteiger partial charge is 0.512 e. The molecule has 0 amide bonds. The Hall–Kier alpha value is -4.18. The van der Waals surface area contributed by atoms with Crippen molar-refractivity contribution < 1.29 is 39.1 Å². The zero-order chi connectivity index (χ0) is 37.1. The molecule has 6 nitrogen and oxygen atoms in total. The molecule has 4 aromatic carbocycles. The van der Waals surface area contributed by atoms with Crippen molar-refractivity contribution in [2.75, 3.05) is 6.67 Å². The van der Waals surface area contributed by atoms with Crippen LogP contribution in [0.25, 0.3) is 48.6 Å². The normalized spacial score (nSPS) is 13.1. The molecule has 1 N–H and O–H groups in total. The maximum Gasteiger partial charge on any atom is 0.242 e. The van der Waals surface area contributed by atoms with Crippen LogP contribution in [0.5, 0.6) is 11.5 Å². The molecule has 5 aromatic rings. The molecule has 6 rings (SSSR count). The summed E-state index contributed by atoms with van der Waals surface area (Å²) in [5, 5.41) is 14.7. The molecule has 0 saturated heterocycles. The average molecular weight is 879 g/mol. The Kier molecular flexibility index (Phi) is 13.0. The van der Waals surface area contributed by atoms with E-state index in [2.05, 4.69) is 60.9 Å². The maximum absolute atomic E-state index is 12.2. The van der Waals surface area contributed by atoms with E-state index < -0.39 is 12.2 Å². The first-order valence-corrected chi connectivity index (χ1v) is 18.0. The van der Waals surface area contributed by atoms with Crippen molar-refractivity contribution >= 4 is 38.2 Å². The Morgan fingerprint density at radius 3 is 2.33 bits per heavy atom. The third kappa shape index (κ3) is 8.38. The van der Waals surface area contributed by atoms with Crippen LogP contribution >= 0.6 is 0 Å². The van der Waals surface area contributed by atoms with Crippen LogP contribution in [-0.4, -0.2) is 27.5 Å². The Morgan fingerprint density at radius 1 is 1.00 bits per heavy atom. The van der Waals surface area contributed by atoms with Crippen LogP contribution in [0.4, 0.5) is 4.39 Å². The van der Waals surface area contributed by atoms with Crippen LogP contribution in [0.1, 0.15) is 92.2 Å². The SMILES string of the molecule is CCC(CCF)C(=O)/C=C(\O)C(CC)CC.[C-]#[N+]C(C)(C)c1c2c([c-]c3ccccc13)-c1ncnc3c1c(cc1cc(CC(C)(C)C)ccc13)O2.[Ir]. The zero-order valence-electron chi connectivity index (χ0n) is 31.5. The van der Waals surface area contributed by atoms with Gasteiger partial charge in [0, 0.05) is 73.9 Å². The molecular weight excluding hydrogens is 830 g/mol. The van der Waals surface area contributed by atoms with Gasteiger partial charge < -0.3 is 14.7 Å². The minimum absolute atomic E-state index is 0. The second-order valence-electron chi connectivity index (χ2n) is 15.2. The van der Waals surface area contributed by atoms with Crippen molar-refractivity contribution in [1.29, 1.82) is 0 Å². The number of rotatable bonds is 10. The second kappa shape index (κ2) is 16.7. The number of allylic oxidation sites excluding steroid dienone is 2. The number of hydrogen-bond acceptors (Lipinski definition) is 5. The van der Waals surface area contributed by atoms with Crippen LogP contribution in [0, 0.1) is 29.9 Å². The summed E-state index contributed by atoms with van der Waals surface area (Å²) in [6, 6.07) is 20.3. The fourth-order valence-corrected chi connectivity index (χ4v) is 7.03. The van der Waals surface area contributed by atoms with Gasteiger partial charge in [-0.05, 0) is 54.5 Å². The number of benzene rings is 4. The maximum atomic E-state index is 12.2. The van der Waals surface area contributed by atoms with Crippen LogP contribution in [0.15, 0.2) is 66.7 Å². The predicted molar refractivity (Wildman–Crippen MR) is 206 cm³/mol. The molecule has 1 unspecified atom stereocenters. The van der Waals surface area contributed by atoms with E-state index in [-0.39, 0.29) is 55.3 Å². The molecule has 1 aliphatic heterocycles. The summed E-state index contributed by atoms with van der Waals surface area (Å²) < 4.78 is 18.9. The Bertz CT molecular complexity index is 2160. The number of hydrogen-bond donors (Lipinski definition) is 1. The smallest absolute Gasteiger partial charge is 0.242 e. The molecule has 52 heavy (non-hydrogen) atoms. The molecule has 8 heteroatoms. The first kappa shape index (κ1) is 40.6. The van der Waals surface area contributed by atoms with Gasteiger partial charge in [-0.3, -0.25) is 14.2 Å². The van der Waals surface area contributed by atoms with Gasteiger partial charge in [-0.15, -0.1) is 17.5 Å². The number of carbonyl (C=O) groups is 1. The monoisotopic (exact) mass is 879 g/mol. The van der Waals surface area contributed by atoms with E-state index >= 15 is 0 Å². The number of nitrogens with zero attached hydrogens (tertiary/aromatic N) is 3. The quantitative estimate of drug-likeness (QED) is 0.0642. The number of aromatic nitrogens is 2. The molecule has 0 aliphatic carbocycles. The Labute approximate surface area is 321 Å².